The molecule has 1 aliphatic rings. The van der Waals surface area contributed by atoms with Gasteiger partial charge < -0.3 is 5.32 Å². The van der Waals surface area contributed by atoms with Crippen LogP contribution in [0.2, 0.25) is 10.0 Å². The first-order valence-corrected chi connectivity index (χ1v) is 11.1. The van der Waals surface area contributed by atoms with Crippen LogP contribution in [0.5, 0.6) is 0 Å². The molecular weight excluding hydrogens is 439 g/mol. The van der Waals surface area contributed by atoms with E-state index in [1.807, 2.05) is 60.4 Å². The molecule has 1 atom stereocenters. The molecule has 4 rings (SSSR count). The minimum Gasteiger partial charge on any atom is -0.322 e. The van der Waals surface area contributed by atoms with Crippen LogP contribution in [0.25, 0.3) is 0 Å². The van der Waals surface area contributed by atoms with E-state index >= 15 is 0 Å². The molecule has 0 spiro atoms. The molecule has 3 aromatic rings. The van der Waals surface area contributed by atoms with E-state index < -0.39 is 0 Å². The summed E-state index contributed by atoms with van der Waals surface area (Å²) in [6.07, 6.45) is 0. The van der Waals surface area contributed by atoms with Crippen LogP contribution in [0.4, 0.5) is 11.4 Å². The lowest BCUT2D eigenvalue weighted by Gasteiger charge is -2.24. The number of hydrogen-bond acceptors (Lipinski definition) is 3. The van der Waals surface area contributed by atoms with Crippen molar-refractivity contribution in [1.29, 1.82) is 0 Å². The molecule has 30 heavy (non-hydrogen) atoms. The summed E-state index contributed by atoms with van der Waals surface area (Å²) in [6, 6.07) is 20.2. The van der Waals surface area contributed by atoms with Gasteiger partial charge in [0.2, 0.25) is 5.91 Å². The molecule has 1 heterocycles. The van der Waals surface area contributed by atoms with Crippen LogP contribution in [-0.2, 0) is 4.79 Å². The lowest BCUT2D eigenvalue weighted by atomic mass is 10.1. The Kier molecular flexibility index (Phi) is 6.04. The van der Waals surface area contributed by atoms with Crippen LogP contribution >= 0.6 is 35.0 Å². The summed E-state index contributed by atoms with van der Waals surface area (Å²) >= 11 is 13.6. The summed E-state index contributed by atoms with van der Waals surface area (Å²) < 4.78 is 0. The highest BCUT2D eigenvalue weighted by atomic mass is 35.5. The lowest BCUT2D eigenvalue weighted by molar-refractivity contribution is -0.115. The Hall–Kier alpha value is -2.47. The summed E-state index contributed by atoms with van der Waals surface area (Å²) in [5.41, 5.74) is 4.03. The van der Waals surface area contributed by atoms with Crippen molar-refractivity contribution in [3.63, 3.8) is 0 Å². The molecule has 152 valence electrons. The summed E-state index contributed by atoms with van der Waals surface area (Å²) in [5.74, 6) is 0.214. The van der Waals surface area contributed by atoms with Gasteiger partial charge in [0, 0.05) is 16.4 Å². The fourth-order valence-corrected chi connectivity index (χ4v) is 4.93. The Morgan fingerprint density at radius 1 is 1.03 bits per heavy atom. The second-order valence-electron chi connectivity index (χ2n) is 6.96. The van der Waals surface area contributed by atoms with E-state index in [0.29, 0.717) is 27.0 Å². The van der Waals surface area contributed by atoms with E-state index in [0.717, 1.165) is 16.8 Å². The zero-order valence-corrected chi connectivity index (χ0v) is 18.4. The summed E-state index contributed by atoms with van der Waals surface area (Å²) in [7, 11) is 0. The number of hydrogen-bond donors (Lipinski definition) is 1. The minimum atomic E-state index is -0.309. The number of thioether (sulfide) groups is 1. The monoisotopic (exact) mass is 456 g/mol. The molecule has 0 aliphatic carbocycles. The third kappa shape index (κ3) is 4.33. The standard InChI is InChI=1S/C23H18Cl2N2O2S/c1-14-2-9-18(10-3-14)27-21(28)13-30-23(27)15-4-7-17(8-5-15)26-22(29)19-11-6-16(24)12-20(19)25/h2-12,23H,13H2,1H3,(H,26,29)/t23-/m0/s1. The number of halogens is 2. The minimum absolute atomic E-state index is 0.0867. The zero-order valence-electron chi connectivity index (χ0n) is 16.1. The smallest absolute Gasteiger partial charge is 0.257 e. The molecule has 1 fully saturated rings. The highest BCUT2D eigenvalue weighted by molar-refractivity contribution is 8.00. The molecule has 0 aromatic heterocycles. The van der Waals surface area contributed by atoms with Crippen LogP contribution < -0.4 is 10.2 Å². The van der Waals surface area contributed by atoms with E-state index in [1.165, 1.54) is 6.07 Å². The molecular formula is C23H18Cl2N2O2S. The van der Waals surface area contributed by atoms with Gasteiger partial charge in [-0.25, -0.2) is 0 Å². The Balaban J connectivity index is 1.52. The van der Waals surface area contributed by atoms with Crippen LogP contribution in [0, 0.1) is 6.92 Å². The summed E-state index contributed by atoms with van der Waals surface area (Å²) in [5, 5.41) is 3.51. The fourth-order valence-electron chi connectivity index (χ4n) is 3.26. The number of carbonyl (C=O) groups excluding carboxylic acids is 2. The van der Waals surface area contributed by atoms with Gasteiger partial charge in [-0.15, -0.1) is 11.8 Å². The summed E-state index contributed by atoms with van der Waals surface area (Å²) in [6.45, 7) is 2.02. The van der Waals surface area contributed by atoms with E-state index in [1.54, 1.807) is 23.9 Å². The number of aryl methyl sites for hydroxylation is 1. The number of rotatable bonds is 4. The topological polar surface area (TPSA) is 49.4 Å². The number of benzene rings is 3. The van der Waals surface area contributed by atoms with Gasteiger partial charge in [-0.05, 0) is 55.0 Å². The fraction of sp³-hybridized carbons (Fsp3) is 0.130. The first-order chi connectivity index (χ1) is 14.4. The largest absolute Gasteiger partial charge is 0.322 e. The van der Waals surface area contributed by atoms with Gasteiger partial charge in [0.1, 0.15) is 5.37 Å². The summed E-state index contributed by atoms with van der Waals surface area (Å²) in [4.78, 5) is 26.8. The highest BCUT2D eigenvalue weighted by Crippen LogP contribution is 2.42. The van der Waals surface area contributed by atoms with Crippen molar-refractivity contribution in [1.82, 2.24) is 0 Å². The molecule has 0 bridgehead atoms. The molecule has 1 aliphatic heterocycles. The Labute approximate surface area is 189 Å². The van der Waals surface area contributed by atoms with Gasteiger partial charge in [0.25, 0.3) is 5.91 Å². The van der Waals surface area contributed by atoms with Gasteiger partial charge in [-0.1, -0.05) is 53.0 Å². The van der Waals surface area contributed by atoms with E-state index in [9.17, 15) is 9.59 Å². The van der Waals surface area contributed by atoms with Gasteiger partial charge >= 0.3 is 0 Å². The van der Waals surface area contributed by atoms with Crippen LogP contribution in [-0.4, -0.2) is 17.6 Å². The second-order valence-corrected chi connectivity index (χ2v) is 8.88. The SMILES string of the molecule is Cc1ccc(N2C(=O)CS[C@H]2c2ccc(NC(=O)c3ccc(Cl)cc3Cl)cc2)cc1. The van der Waals surface area contributed by atoms with Crippen molar-refractivity contribution in [2.75, 3.05) is 16.0 Å². The molecule has 1 N–H and O–H groups in total. The predicted molar refractivity (Wildman–Crippen MR) is 125 cm³/mol. The highest BCUT2D eigenvalue weighted by Gasteiger charge is 2.33. The van der Waals surface area contributed by atoms with Crippen molar-refractivity contribution < 1.29 is 9.59 Å². The number of carbonyl (C=O) groups is 2. The second kappa shape index (κ2) is 8.72. The Morgan fingerprint density at radius 2 is 1.73 bits per heavy atom. The van der Waals surface area contributed by atoms with Gasteiger partial charge in [-0.3, -0.25) is 14.5 Å². The molecule has 3 aromatic carbocycles. The van der Waals surface area contributed by atoms with Crippen LogP contribution in [0.3, 0.4) is 0 Å². The third-order valence-corrected chi connectivity index (χ3v) is 6.57. The van der Waals surface area contributed by atoms with Crippen molar-refractivity contribution in [3.8, 4) is 0 Å². The number of nitrogens with zero attached hydrogens (tertiary/aromatic N) is 1. The van der Waals surface area contributed by atoms with Crippen molar-refractivity contribution in [2.45, 2.75) is 12.3 Å². The number of amides is 2. The van der Waals surface area contributed by atoms with E-state index in [2.05, 4.69) is 5.32 Å². The zero-order chi connectivity index (χ0) is 21.3. The van der Waals surface area contributed by atoms with E-state index in [4.69, 9.17) is 23.2 Å². The Morgan fingerprint density at radius 3 is 2.40 bits per heavy atom. The number of anilines is 2. The van der Waals surface area contributed by atoms with Crippen LogP contribution in [0.15, 0.2) is 66.7 Å². The first-order valence-electron chi connectivity index (χ1n) is 9.29. The maximum absolute atomic E-state index is 12.5. The predicted octanol–water partition coefficient (Wildman–Crippen LogP) is 6.33. The van der Waals surface area contributed by atoms with Crippen LogP contribution in [0.1, 0.15) is 26.9 Å². The molecule has 0 unspecified atom stereocenters. The van der Waals surface area contributed by atoms with Crippen molar-refractivity contribution in [2.24, 2.45) is 0 Å². The third-order valence-electron chi connectivity index (χ3n) is 4.81. The average molecular weight is 457 g/mol. The molecule has 2 amide bonds. The molecule has 4 nitrogen and oxygen atoms in total. The first kappa shape index (κ1) is 20.8. The lowest BCUT2D eigenvalue weighted by Crippen LogP contribution is -2.27. The number of nitrogens with one attached hydrogen (secondary N) is 1. The Bertz CT molecular complexity index is 1100. The van der Waals surface area contributed by atoms with Gasteiger partial charge in [0.15, 0.2) is 0 Å². The maximum Gasteiger partial charge on any atom is 0.257 e. The van der Waals surface area contributed by atoms with E-state index in [-0.39, 0.29) is 17.2 Å². The molecule has 0 radical (unpaired) electrons. The maximum atomic E-state index is 12.5. The quantitative estimate of drug-likeness (QED) is 0.498. The average Bonchev–Trinajstić information content (AvgIpc) is 3.10. The van der Waals surface area contributed by atoms with Crippen molar-refractivity contribution >= 4 is 58.2 Å². The van der Waals surface area contributed by atoms with Gasteiger partial charge in [-0.2, -0.15) is 0 Å². The molecule has 1 saturated heterocycles. The van der Waals surface area contributed by atoms with Gasteiger partial charge in [0.05, 0.1) is 16.3 Å². The van der Waals surface area contributed by atoms with Crippen molar-refractivity contribution in [3.05, 3.63) is 93.5 Å². The normalized spacial score (nSPS) is 16.0. The molecule has 0 saturated carbocycles. The molecule has 7 heteroatoms.